The molecule has 0 bridgehead atoms. The lowest BCUT2D eigenvalue weighted by molar-refractivity contribution is 0.113. The summed E-state index contributed by atoms with van der Waals surface area (Å²) in [5.74, 6) is 0.976. The summed E-state index contributed by atoms with van der Waals surface area (Å²) in [6.07, 6.45) is 2.37. The number of piperidine rings is 1. The summed E-state index contributed by atoms with van der Waals surface area (Å²) in [5, 5.41) is 3.60. The molecule has 1 aromatic heterocycles. The van der Waals surface area contributed by atoms with Crippen LogP contribution in [0.5, 0.6) is 0 Å². The Hall–Kier alpha value is -3.19. The van der Waals surface area contributed by atoms with Crippen LogP contribution < -0.4 is 10.9 Å². The van der Waals surface area contributed by atoms with Crippen LogP contribution in [0.2, 0.25) is 0 Å². The molecule has 2 unspecified atom stereocenters. The molecule has 1 fully saturated rings. The summed E-state index contributed by atoms with van der Waals surface area (Å²) in [6.45, 7) is 11.9. The molecule has 37 heavy (non-hydrogen) atoms. The van der Waals surface area contributed by atoms with Gasteiger partial charge in [-0.25, -0.2) is 9.78 Å². The molecule has 0 saturated carbocycles. The first kappa shape index (κ1) is 26.9. The van der Waals surface area contributed by atoms with Crippen LogP contribution in [-0.4, -0.2) is 46.2 Å². The number of benzene rings is 2. The average Bonchev–Trinajstić information content (AvgIpc) is 2.89. The fourth-order valence-electron chi connectivity index (χ4n) is 5.40. The van der Waals surface area contributed by atoms with Gasteiger partial charge in [0, 0.05) is 25.0 Å². The summed E-state index contributed by atoms with van der Waals surface area (Å²) in [4.78, 5) is 33.6. The molecule has 1 aliphatic heterocycles. The van der Waals surface area contributed by atoms with Crippen molar-refractivity contribution in [2.75, 3.05) is 19.6 Å². The predicted octanol–water partition coefficient (Wildman–Crippen LogP) is 5.33. The second kappa shape index (κ2) is 11.9. The number of carbonyl (C=O) groups excluding carboxylic acids is 1. The van der Waals surface area contributed by atoms with Crippen molar-refractivity contribution in [3.63, 3.8) is 0 Å². The molecule has 1 aliphatic rings. The quantitative estimate of drug-likeness (QED) is 0.449. The average molecular weight is 505 g/mol. The number of likely N-dealkylation sites (N-methyl/N-ethyl adjacent to an activating group) is 1. The topological polar surface area (TPSA) is 76.5 Å². The van der Waals surface area contributed by atoms with Crippen molar-refractivity contribution in [3.05, 3.63) is 76.3 Å². The van der Waals surface area contributed by atoms with Gasteiger partial charge in [0.05, 0.1) is 10.9 Å². The molecule has 4 rings (SSSR count). The zero-order valence-corrected chi connectivity index (χ0v) is 22.6. The lowest BCUT2D eigenvalue weighted by Crippen LogP contribution is -2.47. The number of hydrogen-bond acceptors (Lipinski definition) is 5. The van der Waals surface area contributed by atoms with E-state index >= 15 is 0 Å². The van der Waals surface area contributed by atoms with E-state index in [0.717, 1.165) is 49.3 Å². The Morgan fingerprint density at radius 3 is 2.57 bits per heavy atom. The first-order valence-corrected chi connectivity index (χ1v) is 13.4. The minimum atomic E-state index is -0.410. The van der Waals surface area contributed by atoms with Gasteiger partial charge in [0.2, 0.25) is 0 Å². The molecule has 2 aromatic carbocycles. The molecule has 198 valence electrons. The van der Waals surface area contributed by atoms with E-state index in [1.807, 2.05) is 59.2 Å². The maximum atomic E-state index is 13.7. The van der Waals surface area contributed by atoms with E-state index in [4.69, 9.17) is 9.72 Å². The molecule has 1 saturated heterocycles. The lowest BCUT2D eigenvalue weighted by atomic mass is 9.85. The monoisotopic (exact) mass is 504 g/mol. The van der Waals surface area contributed by atoms with Crippen molar-refractivity contribution in [2.45, 2.75) is 72.1 Å². The normalized spacial score (nSPS) is 18.6. The van der Waals surface area contributed by atoms with Crippen LogP contribution >= 0.6 is 0 Å². The molecular formula is C30H40N4O3. The summed E-state index contributed by atoms with van der Waals surface area (Å²) in [7, 11) is 0. The highest BCUT2D eigenvalue weighted by atomic mass is 16.5. The van der Waals surface area contributed by atoms with Crippen molar-refractivity contribution >= 4 is 17.0 Å². The minimum absolute atomic E-state index is 0.0329. The van der Waals surface area contributed by atoms with Crippen LogP contribution in [0.25, 0.3) is 10.9 Å². The van der Waals surface area contributed by atoms with E-state index in [0.29, 0.717) is 18.5 Å². The van der Waals surface area contributed by atoms with E-state index in [9.17, 15) is 9.59 Å². The van der Waals surface area contributed by atoms with Gasteiger partial charge in [-0.2, -0.15) is 0 Å². The van der Waals surface area contributed by atoms with Crippen LogP contribution in [0.4, 0.5) is 4.79 Å². The van der Waals surface area contributed by atoms with Crippen molar-refractivity contribution in [3.8, 4) is 0 Å². The number of hydrogen-bond donors (Lipinski definition) is 1. The Morgan fingerprint density at radius 2 is 1.84 bits per heavy atom. The van der Waals surface area contributed by atoms with Crippen LogP contribution in [0.3, 0.4) is 0 Å². The fraction of sp³-hybridized carbons (Fsp3) is 0.500. The molecule has 2 atom stereocenters. The Labute approximate surface area is 219 Å². The van der Waals surface area contributed by atoms with Gasteiger partial charge in [0.25, 0.3) is 5.56 Å². The predicted molar refractivity (Wildman–Crippen MR) is 148 cm³/mol. The lowest BCUT2D eigenvalue weighted by Gasteiger charge is -2.41. The number of fused-ring (bicyclic) bond motifs is 1. The van der Waals surface area contributed by atoms with Crippen molar-refractivity contribution in [2.24, 2.45) is 5.41 Å². The number of nitrogens with zero attached hydrogens (tertiary/aromatic N) is 3. The SMILES string of the molecule is CCN1CCCC(c2nc3ccccc3c(=O)n2CC(C)(C)C)C1CCNC(=O)OCc1ccccc1. The maximum absolute atomic E-state index is 13.7. The second-order valence-corrected chi connectivity index (χ2v) is 11.2. The zero-order chi connectivity index (χ0) is 26.4. The van der Waals surface area contributed by atoms with Gasteiger partial charge in [0.15, 0.2) is 0 Å². The van der Waals surface area contributed by atoms with Gasteiger partial charge in [-0.05, 0) is 55.5 Å². The zero-order valence-electron chi connectivity index (χ0n) is 22.6. The van der Waals surface area contributed by atoms with E-state index in [1.54, 1.807) is 0 Å². The van der Waals surface area contributed by atoms with Gasteiger partial charge in [0.1, 0.15) is 12.4 Å². The van der Waals surface area contributed by atoms with Crippen LogP contribution in [-0.2, 0) is 17.9 Å². The smallest absolute Gasteiger partial charge is 0.407 e. The molecule has 7 heteroatoms. The van der Waals surface area contributed by atoms with Crippen molar-refractivity contribution in [1.29, 1.82) is 0 Å². The van der Waals surface area contributed by atoms with Crippen LogP contribution in [0.15, 0.2) is 59.4 Å². The second-order valence-electron chi connectivity index (χ2n) is 11.2. The van der Waals surface area contributed by atoms with Crippen molar-refractivity contribution in [1.82, 2.24) is 19.8 Å². The third-order valence-electron chi connectivity index (χ3n) is 7.08. The largest absolute Gasteiger partial charge is 0.445 e. The third-order valence-corrected chi connectivity index (χ3v) is 7.08. The molecule has 7 nitrogen and oxygen atoms in total. The minimum Gasteiger partial charge on any atom is -0.445 e. The molecule has 1 N–H and O–H groups in total. The van der Waals surface area contributed by atoms with E-state index < -0.39 is 6.09 Å². The molecule has 2 heterocycles. The number of likely N-dealkylation sites (tertiary alicyclic amines) is 1. The van der Waals surface area contributed by atoms with Gasteiger partial charge >= 0.3 is 6.09 Å². The molecule has 0 spiro atoms. The summed E-state index contributed by atoms with van der Waals surface area (Å²) < 4.78 is 7.32. The van der Waals surface area contributed by atoms with Gasteiger partial charge in [-0.15, -0.1) is 0 Å². The highest BCUT2D eigenvalue weighted by Gasteiger charge is 2.35. The Morgan fingerprint density at radius 1 is 1.11 bits per heavy atom. The van der Waals surface area contributed by atoms with Gasteiger partial charge in [-0.3, -0.25) is 14.3 Å². The number of rotatable bonds is 8. The highest BCUT2D eigenvalue weighted by molar-refractivity contribution is 5.77. The van der Waals surface area contributed by atoms with Gasteiger partial charge < -0.3 is 10.1 Å². The first-order valence-electron chi connectivity index (χ1n) is 13.4. The molecular weight excluding hydrogens is 464 g/mol. The molecule has 0 aliphatic carbocycles. The number of nitrogens with one attached hydrogen (secondary N) is 1. The summed E-state index contributed by atoms with van der Waals surface area (Å²) >= 11 is 0. The fourth-order valence-corrected chi connectivity index (χ4v) is 5.40. The Balaban J connectivity index is 1.55. The molecule has 3 aromatic rings. The Kier molecular flexibility index (Phi) is 8.64. The summed E-state index contributed by atoms with van der Waals surface area (Å²) in [6, 6.07) is 17.5. The van der Waals surface area contributed by atoms with E-state index in [2.05, 4.69) is 37.9 Å². The summed E-state index contributed by atoms with van der Waals surface area (Å²) in [5.41, 5.74) is 1.68. The van der Waals surface area contributed by atoms with Crippen LogP contribution in [0, 0.1) is 5.41 Å². The van der Waals surface area contributed by atoms with E-state index in [-0.39, 0.29) is 29.5 Å². The molecule has 1 amide bonds. The molecule has 0 radical (unpaired) electrons. The number of amides is 1. The van der Waals surface area contributed by atoms with Crippen LogP contribution in [0.1, 0.15) is 64.3 Å². The maximum Gasteiger partial charge on any atom is 0.407 e. The number of alkyl carbamates (subject to hydrolysis) is 1. The number of para-hydroxylation sites is 1. The first-order chi connectivity index (χ1) is 17.8. The standard InChI is InChI=1S/C30H40N4O3/c1-5-33-19-11-15-24(26(33)17-18-31-29(36)37-20-22-12-7-6-8-13-22)27-32-25-16-10-9-14-23(25)28(35)34(27)21-30(2,3)4/h6-10,12-14,16,24,26H,5,11,15,17-21H2,1-4H3,(H,31,36). The number of carbonyl (C=O) groups is 1. The third kappa shape index (κ3) is 6.77. The Bertz CT molecular complexity index is 1250. The number of ether oxygens (including phenoxy) is 1. The number of aromatic nitrogens is 2. The van der Waals surface area contributed by atoms with Gasteiger partial charge in [-0.1, -0.05) is 70.2 Å². The van der Waals surface area contributed by atoms with E-state index in [1.165, 1.54) is 0 Å². The highest BCUT2D eigenvalue weighted by Crippen LogP contribution is 2.34. The van der Waals surface area contributed by atoms with Crippen molar-refractivity contribution < 1.29 is 9.53 Å².